The van der Waals surface area contributed by atoms with Crippen LogP contribution in [0.15, 0.2) is 72.8 Å². The molecule has 0 radical (unpaired) electrons. The summed E-state index contributed by atoms with van der Waals surface area (Å²) in [7, 11) is 0. The number of benzene rings is 3. The van der Waals surface area contributed by atoms with Crippen molar-refractivity contribution in [3.63, 3.8) is 0 Å². The largest absolute Gasteiger partial charge is 0.326 e. The first-order valence-electron chi connectivity index (χ1n) is 10.1. The van der Waals surface area contributed by atoms with E-state index in [1.165, 1.54) is 11.1 Å². The molecule has 3 aromatic carbocycles. The highest BCUT2D eigenvalue weighted by Crippen LogP contribution is 2.29. The number of hydrogen-bond donors (Lipinski definition) is 0. The van der Waals surface area contributed by atoms with Gasteiger partial charge in [0.05, 0.1) is 22.1 Å². The minimum Gasteiger partial charge on any atom is -0.326 e. The number of aryl methyl sites for hydroxylation is 1. The second-order valence-electron chi connectivity index (χ2n) is 7.82. The van der Waals surface area contributed by atoms with E-state index in [1.54, 1.807) is 0 Å². The third kappa shape index (κ3) is 3.01. The Kier molecular flexibility index (Phi) is 4.20. The van der Waals surface area contributed by atoms with E-state index in [0.29, 0.717) is 6.04 Å². The molecule has 0 saturated heterocycles. The second kappa shape index (κ2) is 6.89. The minimum absolute atomic E-state index is 0.383. The lowest BCUT2D eigenvalue weighted by Crippen LogP contribution is -2.03. The van der Waals surface area contributed by atoms with Gasteiger partial charge in [0, 0.05) is 18.2 Å². The molecule has 0 fully saturated rings. The van der Waals surface area contributed by atoms with Crippen LogP contribution in [-0.4, -0.2) is 19.1 Å². The SMILES string of the molecule is Cc1nc2cc(-c3nc4ccccc4n3Cc3ccccc3)ccc2n1C(C)C. The molecular formula is C25H24N4. The summed E-state index contributed by atoms with van der Waals surface area (Å²) in [5.41, 5.74) is 6.72. The average Bonchev–Trinajstić information content (AvgIpc) is 3.25. The van der Waals surface area contributed by atoms with Crippen molar-refractivity contribution in [3.8, 4) is 11.4 Å². The molecule has 0 unspecified atom stereocenters. The lowest BCUT2D eigenvalue weighted by molar-refractivity contribution is 0.600. The highest BCUT2D eigenvalue weighted by molar-refractivity contribution is 5.85. The van der Waals surface area contributed by atoms with Crippen LogP contribution in [0.5, 0.6) is 0 Å². The van der Waals surface area contributed by atoms with E-state index in [2.05, 4.69) is 96.6 Å². The summed E-state index contributed by atoms with van der Waals surface area (Å²) in [6, 6.07) is 25.8. The molecular weight excluding hydrogens is 356 g/mol. The molecule has 4 nitrogen and oxygen atoms in total. The molecule has 144 valence electrons. The van der Waals surface area contributed by atoms with Crippen molar-refractivity contribution in [2.75, 3.05) is 0 Å². The first-order valence-corrected chi connectivity index (χ1v) is 10.1. The van der Waals surface area contributed by atoms with Crippen LogP contribution >= 0.6 is 0 Å². The molecule has 0 aliphatic heterocycles. The van der Waals surface area contributed by atoms with Crippen LogP contribution in [0.4, 0.5) is 0 Å². The van der Waals surface area contributed by atoms with E-state index in [-0.39, 0.29) is 0 Å². The van der Waals surface area contributed by atoms with Gasteiger partial charge < -0.3 is 9.13 Å². The number of para-hydroxylation sites is 2. The normalized spacial score (nSPS) is 11.7. The van der Waals surface area contributed by atoms with Crippen LogP contribution in [0, 0.1) is 6.92 Å². The molecule has 0 bridgehead atoms. The number of imidazole rings is 2. The monoisotopic (exact) mass is 380 g/mol. The fraction of sp³-hybridized carbons (Fsp3) is 0.200. The third-order valence-corrected chi connectivity index (χ3v) is 5.48. The number of aromatic nitrogens is 4. The van der Waals surface area contributed by atoms with Gasteiger partial charge >= 0.3 is 0 Å². The summed E-state index contributed by atoms with van der Waals surface area (Å²) in [5, 5.41) is 0. The first kappa shape index (κ1) is 17.7. The Morgan fingerprint density at radius 3 is 2.34 bits per heavy atom. The van der Waals surface area contributed by atoms with E-state index < -0.39 is 0 Å². The maximum atomic E-state index is 4.98. The Morgan fingerprint density at radius 1 is 0.793 bits per heavy atom. The van der Waals surface area contributed by atoms with Crippen molar-refractivity contribution in [2.24, 2.45) is 0 Å². The predicted molar refractivity (Wildman–Crippen MR) is 119 cm³/mol. The van der Waals surface area contributed by atoms with Crippen LogP contribution in [0.3, 0.4) is 0 Å². The maximum Gasteiger partial charge on any atom is 0.141 e. The molecule has 0 amide bonds. The summed E-state index contributed by atoms with van der Waals surface area (Å²) in [4.78, 5) is 9.79. The maximum absolute atomic E-state index is 4.98. The Labute approximate surface area is 170 Å². The molecule has 0 aliphatic rings. The number of hydrogen-bond acceptors (Lipinski definition) is 2. The first-order chi connectivity index (χ1) is 14.1. The summed E-state index contributed by atoms with van der Waals surface area (Å²) >= 11 is 0. The number of nitrogens with zero attached hydrogens (tertiary/aromatic N) is 4. The van der Waals surface area contributed by atoms with Crippen molar-refractivity contribution in [1.82, 2.24) is 19.1 Å². The second-order valence-corrected chi connectivity index (χ2v) is 7.82. The van der Waals surface area contributed by atoms with Crippen molar-refractivity contribution in [3.05, 3.63) is 84.2 Å². The smallest absolute Gasteiger partial charge is 0.141 e. The zero-order valence-electron chi connectivity index (χ0n) is 17.0. The predicted octanol–water partition coefficient (Wildman–Crippen LogP) is 5.99. The average molecular weight is 380 g/mol. The van der Waals surface area contributed by atoms with Gasteiger partial charge in [0.2, 0.25) is 0 Å². The molecule has 0 atom stereocenters. The van der Waals surface area contributed by atoms with Gasteiger partial charge in [-0.25, -0.2) is 9.97 Å². The van der Waals surface area contributed by atoms with Crippen molar-refractivity contribution in [1.29, 1.82) is 0 Å². The number of rotatable bonds is 4. The third-order valence-electron chi connectivity index (χ3n) is 5.48. The topological polar surface area (TPSA) is 35.6 Å². The van der Waals surface area contributed by atoms with Crippen LogP contribution in [0.1, 0.15) is 31.3 Å². The molecule has 2 aromatic heterocycles. The molecule has 29 heavy (non-hydrogen) atoms. The van der Waals surface area contributed by atoms with Gasteiger partial charge in [0.25, 0.3) is 0 Å². The van der Waals surface area contributed by atoms with E-state index >= 15 is 0 Å². The van der Waals surface area contributed by atoms with Gasteiger partial charge in [0.15, 0.2) is 0 Å². The van der Waals surface area contributed by atoms with Gasteiger partial charge in [-0.1, -0.05) is 42.5 Å². The summed E-state index contributed by atoms with van der Waals surface area (Å²) in [6.07, 6.45) is 0. The lowest BCUT2D eigenvalue weighted by Gasteiger charge is -2.12. The molecule has 0 N–H and O–H groups in total. The zero-order chi connectivity index (χ0) is 20.0. The molecule has 0 saturated carbocycles. The van der Waals surface area contributed by atoms with Crippen LogP contribution in [0.25, 0.3) is 33.5 Å². The van der Waals surface area contributed by atoms with Crippen molar-refractivity contribution >= 4 is 22.1 Å². The molecule has 4 heteroatoms. The van der Waals surface area contributed by atoms with E-state index in [1.807, 2.05) is 6.07 Å². The fourth-order valence-electron chi connectivity index (χ4n) is 4.23. The van der Waals surface area contributed by atoms with Gasteiger partial charge in [-0.2, -0.15) is 0 Å². The molecule has 0 spiro atoms. The van der Waals surface area contributed by atoms with Gasteiger partial charge in [0.1, 0.15) is 11.6 Å². The van der Waals surface area contributed by atoms with Gasteiger partial charge in [-0.15, -0.1) is 0 Å². The van der Waals surface area contributed by atoms with E-state index in [4.69, 9.17) is 9.97 Å². The van der Waals surface area contributed by atoms with Gasteiger partial charge in [-0.3, -0.25) is 0 Å². The standard InChI is InChI=1S/C25H24N4/c1-17(2)29-18(3)26-22-15-20(13-14-24(22)29)25-27-21-11-7-8-12-23(21)28(25)16-19-9-5-4-6-10-19/h4-15,17H,16H2,1-3H3. The van der Waals surface area contributed by atoms with Crippen molar-refractivity contribution in [2.45, 2.75) is 33.4 Å². The Bertz CT molecular complexity index is 1310. The Hall–Kier alpha value is -3.40. The van der Waals surface area contributed by atoms with E-state index in [0.717, 1.165) is 40.3 Å². The lowest BCUT2D eigenvalue weighted by atomic mass is 10.1. The highest BCUT2D eigenvalue weighted by atomic mass is 15.1. The molecule has 0 aliphatic carbocycles. The molecule has 5 aromatic rings. The Balaban J connectivity index is 1.69. The summed E-state index contributed by atoms with van der Waals surface area (Å²) in [6.45, 7) is 7.25. The molecule has 2 heterocycles. The summed E-state index contributed by atoms with van der Waals surface area (Å²) < 4.78 is 4.59. The van der Waals surface area contributed by atoms with Crippen LogP contribution in [-0.2, 0) is 6.54 Å². The highest BCUT2D eigenvalue weighted by Gasteiger charge is 2.16. The fourth-order valence-corrected chi connectivity index (χ4v) is 4.23. The zero-order valence-corrected chi connectivity index (χ0v) is 17.0. The van der Waals surface area contributed by atoms with Crippen LogP contribution < -0.4 is 0 Å². The van der Waals surface area contributed by atoms with E-state index in [9.17, 15) is 0 Å². The van der Waals surface area contributed by atoms with Crippen LogP contribution in [0.2, 0.25) is 0 Å². The number of fused-ring (bicyclic) bond motifs is 2. The minimum atomic E-state index is 0.383. The molecule has 5 rings (SSSR count). The van der Waals surface area contributed by atoms with Crippen molar-refractivity contribution < 1.29 is 0 Å². The van der Waals surface area contributed by atoms with Gasteiger partial charge in [-0.05, 0) is 56.7 Å². The quantitative estimate of drug-likeness (QED) is 0.384. The Morgan fingerprint density at radius 2 is 1.55 bits per heavy atom. The summed E-state index contributed by atoms with van der Waals surface area (Å²) in [5.74, 6) is 2.03.